The second kappa shape index (κ2) is 40.0. The van der Waals surface area contributed by atoms with Crippen LogP contribution in [0.25, 0.3) is 0 Å². The number of rotatable bonds is 39. The van der Waals surface area contributed by atoms with Gasteiger partial charge in [-0.25, -0.2) is 0 Å². The third-order valence-electron chi connectivity index (χ3n) is 11.1. The summed E-state index contributed by atoms with van der Waals surface area (Å²) in [5.41, 5.74) is 0. The lowest BCUT2D eigenvalue weighted by Gasteiger charge is -2.40. The minimum Gasteiger partial charge on any atom is -0.394 e. The Morgan fingerprint density at radius 3 is 1.56 bits per heavy atom. The van der Waals surface area contributed by atoms with E-state index in [0.717, 1.165) is 77.0 Å². The molecule has 1 rings (SSSR count). The molecule has 6 N–H and O–H groups in total. The molecule has 1 amide bonds. The molecule has 0 aliphatic carbocycles. The first-order valence-electron chi connectivity index (χ1n) is 24.0. The van der Waals surface area contributed by atoms with Crippen LogP contribution in [0.4, 0.5) is 0 Å². The molecule has 59 heavy (non-hydrogen) atoms. The number of aliphatic hydroxyl groups is 5. The van der Waals surface area contributed by atoms with E-state index >= 15 is 0 Å². The molecule has 0 bridgehead atoms. The topological polar surface area (TPSA) is 149 Å². The molecule has 1 aliphatic rings. The van der Waals surface area contributed by atoms with Crippen LogP contribution in [-0.4, -0.2) is 87.5 Å². The maximum Gasteiger partial charge on any atom is 0.220 e. The van der Waals surface area contributed by atoms with Gasteiger partial charge in [-0.15, -0.1) is 0 Å². The van der Waals surface area contributed by atoms with Crippen LogP contribution < -0.4 is 5.32 Å². The number of aliphatic hydroxyl groups excluding tert-OH is 5. The average Bonchev–Trinajstić information content (AvgIpc) is 3.23. The van der Waals surface area contributed by atoms with E-state index in [1.54, 1.807) is 6.08 Å². The summed E-state index contributed by atoms with van der Waals surface area (Å²) in [4.78, 5) is 13.0. The smallest absolute Gasteiger partial charge is 0.220 e. The molecule has 0 radical (unpaired) electrons. The van der Waals surface area contributed by atoms with Crippen molar-refractivity contribution >= 4 is 5.91 Å². The summed E-state index contributed by atoms with van der Waals surface area (Å²) < 4.78 is 11.2. The second-order valence-corrected chi connectivity index (χ2v) is 16.5. The van der Waals surface area contributed by atoms with Gasteiger partial charge in [-0.2, -0.15) is 0 Å². The van der Waals surface area contributed by atoms with Crippen molar-refractivity contribution in [2.75, 3.05) is 13.2 Å². The molecule has 0 aromatic carbocycles. The molecule has 7 unspecified atom stereocenters. The quantitative estimate of drug-likeness (QED) is 0.0265. The first-order chi connectivity index (χ1) is 28.8. The van der Waals surface area contributed by atoms with E-state index in [9.17, 15) is 30.3 Å². The highest BCUT2D eigenvalue weighted by atomic mass is 16.7. The molecule has 0 saturated carbocycles. The van der Waals surface area contributed by atoms with Crippen molar-refractivity contribution in [2.45, 2.75) is 236 Å². The summed E-state index contributed by atoms with van der Waals surface area (Å²) in [5.74, 6) is -0.202. The molecule has 0 aromatic rings. The maximum absolute atomic E-state index is 13.0. The van der Waals surface area contributed by atoms with Crippen molar-refractivity contribution in [3.8, 4) is 0 Å². The van der Waals surface area contributed by atoms with Crippen molar-refractivity contribution in [1.29, 1.82) is 0 Å². The number of nitrogens with one attached hydrogen (secondary N) is 1. The highest BCUT2D eigenvalue weighted by Gasteiger charge is 2.44. The van der Waals surface area contributed by atoms with E-state index < -0.39 is 49.5 Å². The van der Waals surface area contributed by atoms with Gasteiger partial charge in [-0.1, -0.05) is 190 Å². The monoisotopic (exact) mass is 832 g/mol. The fraction of sp³-hybridized carbons (Fsp3) is 0.780. The first kappa shape index (κ1) is 54.9. The summed E-state index contributed by atoms with van der Waals surface area (Å²) in [6.45, 7) is 3.64. The second-order valence-electron chi connectivity index (χ2n) is 16.5. The number of allylic oxidation sites excluding steroid dienone is 9. The number of ether oxygens (including phenoxy) is 2. The number of hydrogen-bond acceptors (Lipinski definition) is 8. The minimum absolute atomic E-state index is 0.200. The van der Waals surface area contributed by atoms with Gasteiger partial charge < -0.3 is 40.3 Å². The van der Waals surface area contributed by atoms with Gasteiger partial charge in [0.15, 0.2) is 6.29 Å². The van der Waals surface area contributed by atoms with Crippen LogP contribution in [0.3, 0.4) is 0 Å². The van der Waals surface area contributed by atoms with Crippen LogP contribution in [0, 0.1) is 0 Å². The predicted octanol–water partition coefficient (Wildman–Crippen LogP) is 10.4. The van der Waals surface area contributed by atoms with Gasteiger partial charge in [0.25, 0.3) is 0 Å². The summed E-state index contributed by atoms with van der Waals surface area (Å²) in [7, 11) is 0. The molecule has 1 heterocycles. The maximum atomic E-state index is 13.0. The molecular weight excluding hydrogens is 743 g/mol. The molecule has 342 valence electrons. The number of unbranched alkanes of at least 4 members (excludes halogenated alkanes) is 21. The molecule has 9 heteroatoms. The van der Waals surface area contributed by atoms with Crippen LogP contribution in [0.1, 0.15) is 194 Å². The summed E-state index contributed by atoms with van der Waals surface area (Å²) in [6, 6.07) is -0.820. The van der Waals surface area contributed by atoms with Crippen LogP contribution in [0.5, 0.6) is 0 Å². The van der Waals surface area contributed by atoms with Gasteiger partial charge in [0.1, 0.15) is 24.4 Å². The summed E-state index contributed by atoms with van der Waals surface area (Å²) >= 11 is 0. The number of carbonyl (C=O) groups is 1. The van der Waals surface area contributed by atoms with Crippen molar-refractivity contribution in [1.82, 2.24) is 5.32 Å². The van der Waals surface area contributed by atoms with Crippen LogP contribution in [-0.2, 0) is 14.3 Å². The van der Waals surface area contributed by atoms with E-state index in [4.69, 9.17) is 9.47 Å². The summed E-state index contributed by atoms with van der Waals surface area (Å²) in [6.07, 6.45) is 45.5. The predicted molar refractivity (Wildman–Crippen MR) is 244 cm³/mol. The fourth-order valence-electron chi connectivity index (χ4n) is 7.26. The largest absolute Gasteiger partial charge is 0.394 e. The van der Waals surface area contributed by atoms with Crippen molar-refractivity contribution in [3.05, 3.63) is 60.8 Å². The molecule has 0 spiro atoms. The highest BCUT2D eigenvalue weighted by Crippen LogP contribution is 2.22. The zero-order valence-electron chi connectivity index (χ0n) is 37.5. The van der Waals surface area contributed by atoms with Gasteiger partial charge >= 0.3 is 0 Å². The van der Waals surface area contributed by atoms with E-state index in [1.165, 1.54) is 96.3 Å². The Kier molecular flexibility index (Phi) is 37.2. The molecule has 9 nitrogen and oxygen atoms in total. The lowest BCUT2D eigenvalue weighted by molar-refractivity contribution is -0.302. The van der Waals surface area contributed by atoms with E-state index in [-0.39, 0.29) is 12.5 Å². The van der Waals surface area contributed by atoms with Crippen molar-refractivity contribution < 1.29 is 39.8 Å². The van der Waals surface area contributed by atoms with Crippen molar-refractivity contribution in [3.63, 3.8) is 0 Å². The molecule has 0 aromatic heterocycles. The Morgan fingerprint density at radius 1 is 0.593 bits per heavy atom. The fourth-order valence-corrected chi connectivity index (χ4v) is 7.26. The van der Waals surface area contributed by atoms with E-state index in [1.807, 2.05) is 6.08 Å². The van der Waals surface area contributed by atoms with Gasteiger partial charge in [0, 0.05) is 6.42 Å². The van der Waals surface area contributed by atoms with E-state index in [2.05, 4.69) is 67.8 Å². The number of carbonyl (C=O) groups excluding carboxylic acids is 1. The Hall–Kier alpha value is -2.11. The van der Waals surface area contributed by atoms with Crippen LogP contribution >= 0.6 is 0 Å². The zero-order valence-corrected chi connectivity index (χ0v) is 37.5. The Labute approximate surface area is 360 Å². The molecule has 1 fully saturated rings. The average molecular weight is 832 g/mol. The molecule has 7 atom stereocenters. The molecule has 1 saturated heterocycles. The Bertz CT molecular complexity index is 1100. The van der Waals surface area contributed by atoms with E-state index in [0.29, 0.717) is 6.42 Å². The van der Waals surface area contributed by atoms with Crippen LogP contribution in [0.2, 0.25) is 0 Å². The lowest BCUT2D eigenvalue weighted by Crippen LogP contribution is -2.60. The third kappa shape index (κ3) is 30.6. The Balaban J connectivity index is 2.36. The zero-order chi connectivity index (χ0) is 43.0. The number of amides is 1. The normalized spacial score (nSPS) is 21.2. The van der Waals surface area contributed by atoms with Crippen LogP contribution in [0.15, 0.2) is 60.8 Å². The standard InChI is InChI=1S/C50H89NO8/c1-3-5-7-9-11-13-15-17-19-21-22-24-25-27-29-31-33-35-37-39-44(53)43(42-58-50-49(57)48(56)47(55)45(41-52)59-50)51-46(54)40-38-36-34-32-30-28-26-23-20-18-16-14-12-10-8-6-4-2/h6,8,12,14,18,20,26,28,37,39,43-45,47-50,52-53,55-57H,3-5,7,9-11,13,15-17,19,21-25,27,29-36,38,40-42H2,1-2H3,(H,51,54)/b8-6-,14-12-,20-18-,28-26-,39-37+. The summed E-state index contributed by atoms with van der Waals surface area (Å²) in [5, 5.41) is 54.3. The first-order valence-corrected chi connectivity index (χ1v) is 24.0. The van der Waals surface area contributed by atoms with Crippen molar-refractivity contribution in [2.24, 2.45) is 0 Å². The highest BCUT2D eigenvalue weighted by molar-refractivity contribution is 5.76. The SMILES string of the molecule is CC/C=C\C/C=C\C/C=C\C/C=C\CCCCCCC(=O)NC(COC1OC(CO)C(O)C(O)C1O)C(O)/C=C/CCCCCCCCCCCCCCCCCCC. The molecular formula is C50H89NO8. The Morgan fingerprint density at radius 2 is 1.05 bits per heavy atom. The third-order valence-corrected chi connectivity index (χ3v) is 11.1. The van der Waals surface area contributed by atoms with Gasteiger partial charge in [-0.3, -0.25) is 4.79 Å². The van der Waals surface area contributed by atoms with Gasteiger partial charge in [0.05, 0.1) is 25.4 Å². The van der Waals surface area contributed by atoms with Gasteiger partial charge in [0.2, 0.25) is 5.91 Å². The lowest BCUT2D eigenvalue weighted by atomic mass is 9.99. The molecule has 1 aliphatic heterocycles. The van der Waals surface area contributed by atoms with Gasteiger partial charge in [-0.05, 0) is 57.8 Å². The minimum atomic E-state index is -1.57. The number of hydrogen-bond donors (Lipinski definition) is 6.